The second kappa shape index (κ2) is 7.54. The van der Waals surface area contributed by atoms with Crippen molar-refractivity contribution >= 4 is 11.7 Å². The lowest BCUT2D eigenvalue weighted by molar-refractivity contribution is -0.274. The first-order chi connectivity index (χ1) is 11.9. The quantitative estimate of drug-likeness (QED) is 0.776. The lowest BCUT2D eigenvalue weighted by Gasteiger charge is -2.37. The minimum atomic E-state index is -4.71. The molecule has 1 aliphatic heterocycles. The van der Waals surface area contributed by atoms with Crippen LogP contribution in [0, 0.1) is 5.92 Å². The number of anilines is 1. The molecule has 1 heterocycles. The van der Waals surface area contributed by atoms with Crippen LogP contribution in [-0.4, -0.2) is 36.9 Å². The molecule has 1 saturated carbocycles. The van der Waals surface area contributed by atoms with Crippen LogP contribution in [0.4, 0.5) is 23.7 Å². The van der Waals surface area contributed by atoms with E-state index in [0.29, 0.717) is 18.2 Å². The number of alkyl halides is 3. The van der Waals surface area contributed by atoms with Crippen molar-refractivity contribution in [1.82, 2.24) is 4.90 Å². The van der Waals surface area contributed by atoms with Crippen LogP contribution in [0.15, 0.2) is 24.3 Å². The smallest absolute Gasteiger partial charge is 0.406 e. The first kappa shape index (κ1) is 17.9. The highest BCUT2D eigenvalue weighted by molar-refractivity contribution is 5.92. The fraction of sp³-hybridized carbons (Fsp3) is 0.611. The van der Waals surface area contributed by atoms with Crippen LogP contribution in [0.25, 0.3) is 0 Å². The highest BCUT2D eigenvalue weighted by Crippen LogP contribution is 2.31. The van der Waals surface area contributed by atoms with Gasteiger partial charge in [-0.1, -0.05) is 6.42 Å². The van der Waals surface area contributed by atoms with Crippen molar-refractivity contribution in [3.8, 4) is 5.75 Å². The number of nitrogens with zero attached hydrogens (tertiary/aromatic N) is 2. The topological polar surface area (TPSA) is 32.8 Å². The van der Waals surface area contributed by atoms with E-state index >= 15 is 0 Å². The Morgan fingerprint density at radius 3 is 2.24 bits per heavy atom. The van der Waals surface area contributed by atoms with Gasteiger partial charge in [0.15, 0.2) is 0 Å². The molecular formula is C18H23F3N2O2. The number of hydrogen-bond acceptors (Lipinski definition) is 2. The zero-order valence-electron chi connectivity index (χ0n) is 14.1. The van der Waals surface area contributed by atoms with Crippen LogP contribution in [0.1, 0.15) is 38.5 Å². The molecule has 0 N–H and O–H groups in total. The molecule has 25 heavy (non-hydrogen) atoms. The van der Waals surface area contributed by atoms with Crippen LogP contribution < -0.4 is 9.64 Å². The van der Waals surface area contributed by atoms with Gasteiger partial charge in [-0.25, -0.2) is 4.79 Å². The van der Waals surface area contributed by atoms with Gasteiger partial charge in [0.25, 0.3) is 0 Å². The number of carbonyl (C=O) groups is 1. The van der Waals surface area contributed by atoms with Crippen LogP contribution in [0.3, 0.4) is 0 Å². The van der Waals surface area contributed by atoms with Crippen molar-refractivity contribution in [3.63, 3.8) is 0 Å². The molecule has 0 aromatic heterocycles. The summed E-state index contributed by atoms with van der Waals surface area (Å²) in [6.07, 6.45) is 1.79. The van der Waals surface area contributed by atoms with E-state index in [4.69, 9.17) is 0 Å². The fourth-order valence-electron chi connectivity index (χ4n) is 3.31. The fourth-order valence-corrected chi connectivity index (χ4v) is 3.31. The summed E-state index contributed by atoms with van der Waals surface area (Å²) >= 11 is 0. The number of likely N-dealkylation sites (tertiary alicyclic amines) is 1. The highest BCUT2D eigenvalue weighted by Gasteiger charge is 2.32. The van der Waals surface area contributed by atoms with Gasteiger partial charge in [0.05, 0.1) is 0 Å². The standard InChI is InChI=1S/C18H23F3N2O2/c19-18(20,21)25-16-9-7-15(8-10-16)23(13-14-5-4-6-14)17(24)22-11-2-1-3-12-22/h7-10,14H,1-6,11-13H2. The van der Waals surface area contributed by atoms with Gasteiger partial charge in [-0.15, -0.1) is 13.2 Å². The largest absolute Gasteiger partial charge is 0.573 e. The van der Waals surface area contributed by atoms with Crippen LogP contribution >= 0.6 is 0 Å². The Morgan fingerprint density at radius 1 is 1.08 bits per heavy atom. The molecular weight excluding hydrogens is 333 g/mol. The molecule has 0 radical (unpaired) electrons. The van der Waals surface area contributed by atoms with Crippen molar-refractivity contribution in [2.24, 2.45) is 5.92 Å². The van der Waals surface area contributed by atoms with E-state index in [2.05, 4.69) is 4.74 Å². The Kier molecular flexibility index (Phi) is 5.39. The van der Waals surface area contributed by atoms with Crippen LogP contribution in [-0.2, 0) is 0 Å². The van der Waals surface area contributed by atoms with E-state index in [1.54, 1.807) is 4.90 Å². The number of urea groups is 1. The van der Waals surface area contributed by atoms with Crippen molar-refractivity contribution in [3.05, 3.63) is 24.3 Å². The number of carbonyl (C=O) groups excluding carboxylic acids is 1. The lowest BCUT2D eigenvalue weighted by atomic mass is 9.85. The van der Waals surface area contributed by atoms with E-state index in [-0.39, 0.29) is 11.8 Å². The lowest BCUT2D eigenvalue weighted by Crippen LogP contribution is -2.48. The molecule has 2 aliphatic rings. The van der Waals surface area contributed by atoms with Gasteiger partial charge >= 0.3 is 12.4 Å². The molecule has 1 saturated heterocycles. The Labute approximate surface area is 145 Å². The Morgan fingerprint density at radius 2 is 1.72 bits per heavy atom. The SMILES string of the molecule is O=C(N1CCCCC1)N(CC1CCC1)c1ccc(OC(F)(F)F)cc1. The molecule has 2 fully saturated rings. The normalized spacial score (nSPS) is 18.6. The van der Waals surface area contributed by atoms with Crippen molar-refractivity contribution in [1.29, 1.82) is 0 Å². The first-order valence-corrected chi connectivity index (χ1v) is 8.84. The summed E-state index contributed by atoms with van der Waals surface area (Å²) in [7, 11) is 0. The summed E-state index contributed by atoms with van der Waals surface area (Å²) in [5.41, 5.74) is 0.622. The molecule has 0 spiro atoms. The number of halogens is 3. The average molecular weight is 356 g/mol. The predicted molar refractivity (Wildman–Crippen MR) is 88.6 cm³/mol. The molecule has 3 rings (SSSR count). The second-order valence-corrected chi connectivity index (χ2v) is 6.78. The summed E-state index contributed by atoms with van der Waals surface area (Å²) in [6.45, 7) is 2.11. The van der Waals surface area contributed by atoms with E-state index in [1.165, 1.54) is 30.7 Å². The molecule has 1 aromatic carbocycles. The summed E-state index contributed by atoms with van der Waals surface area (Å²) in [5.74, 6) is 0.199. The Bertz CT molecular complexity index is 579. The number of hydrogen-bond donors (Lipinski definition) is 0. The third kappa shape index (κ3) is 4.80. The molecule has 2 amide bonds. The van der Waals surface area contributed by atoms with E-state index < -0.39 is 6.36 Å². The number of ether oxygens (including phenoxy) is 1. The summed E-state index contributed by atoms with van der Waals surface area (Å²) in [5, 5.41) is 0. The monoisotopic (exact) mass is 356 g/mol. The number of piperidine rings is 1. The first-order valence-electron chi connectivity index (χ1n) is 8.84. The van der Waals surface area contributed by atoms with Crippen LogP contribution in [0.5, 0.6) is 5.75 Å². The van der Waals surface area contributed by atoms with E-state index in [0.717, 1.165) is 45.2 Å². The van der Waals surface area contributed by atoms with Gasteiger partial charge in [-0.2, -0.15) is 0 Å². The molecule has 4 nitrogen and oxygen atoms in total. The minimum absolute atomic E-state index is 0.0453. The predicted octanol–water partition coefficient (Wildman–Crippen LogP) is 4.80. The Hall–Kier alpha value is -1.92. The van der Waals surface area contributed by atoms with Gasteiger partial charge in [0.2, 0.25) is 0 Å². The van der Waals surface area contributed by atoms with E-state index in [9.17, 15) is 18.0 Å². The number of amides is 2. The third-order valence-corrected chi connectivity index (χ3v) is 4.90. The summed E-state index contributed by atoms with van der Waals surface area (Å²) in [4.78, 5) is 16.5. The molecule has 138 valence electrons. The molecule has 0 bridgehead atoms. The summed E-state index contributed by atoms with van der Waals surface area (Å²) in [6, 6.07) is 5.54. The van der Waals surface area contributed by atoms with E-state index in [1.807, 2.05) is 4.90 Å². The highest BCUT2D eigenvalue weighted by atomic mass is 19.4. The Balaban J connectivity index is 1.74. The zero-order valence-corrected chi connectivity index (χ0v) is 14.1. The van der Waals surface area contributed by atoms with Gasteiger partial charge in [0, 0.05) is 25.3 Å². The number of rotatable bonds is 4. The maximum Gasteiger partial charge on any atom is 0.573 e. The van der Waals surface area contributed by atoms with Gasteiger partial charge in [0.1, 0.15) is 5.75 Å². The van der Waals surface area contributed by atoms with Crippen molar-refractivity contribution in [2.75, 3.05) is 24.5 Å². The maximum absolute atomic E-state index is 12.9. The van der Waals surface area contributed by atoms with Crippen molar-refractivity contribution in [2.45, 2.75) is 44.9 Å². The van der Waals surface area contributed by atoms with Crippen LogP contribution in [0.2, 0.25) is 0 Å². The molecule has 1 aliphatic carbocycles. The summed E-state index contributed by atoms with van der Waals surface area (Å²) < 4.78 is 40.8. The van der Waals surface area contributed by atoms with Gasteiger partial charge in [-0.05, 0) is 62.3 Å². The van der Waals surface area contributed by atoms with Gasteiger partial charge in [-0.3, -0.25) is 4.90 Å². The van der Waals surface area contributed by atoms with Gasteiger partial charge < -0.3 is 9.64 Å². The second-order valence-electron chi connectivity index (χ2n) is 6.78. The third-order valence-electron chi connectivity index (χ3n) is 4.90. The minimum Gasteiger partial charge on any atom is -0.406 e. The number of benzene rings is 1. The molecule has 7 heteroatoms. The molecule has 1 aromatic rings. The maximum atomic E-state index is 12.9. The molecule has 0 atom stereocenters. The zero-order chi connectivity index (χ0) is 17.9. The molecule has 0 unspecified atom stereocenters. The van der Waals surface area contributed by atoms with Crippen molar-refractivity contribution < 1.29 is 22.7 Å². The average Bonchev–Trinajstić information content (AvgIpc) is 2.54.